The minimum absolute atomic E-state index is 0.0377. The molecule has 1 N–H and O–H groups in total. The molecule has 2 amide bonds. The van der Waals surface area contributed by atoms with Crippen LogP contribution in [0.25, 0.3) is 0 Å². The summed E-state index contributed by atoms with van der Waals surface area (Å²) in [4.78, 5) is 41.0. The molecule has 1 aromatic heterocycles. The van der Waals surface area contributed by atoms with Crippen molar-refractivity contribution in [2.45, 2.75) is 71.7 Å². The van der Waals surface area contributed by atoms with Gasteiger partial charge in [-0.1, -0.05) is 42.5 Å². The maximum Gasteiger partial charge on any atom is 0.415 e. The molecule has 2 heterocycles. The van der Waals surface area contributed by atoms with E-state index in [1.807, 2.05) is 88.0 Å². The molecular weight excluding hydrogens is 486 g/mol. The smallest absolute Gasteiger partial charge is 0.415 e. The highest BCUT2D eigenvalue weighted by atomic mass is 16.6. The number of aromatic carboxylic acids is 1. The summed E-state index contributed by atoms with van der Waals surface area (Å²) >= 11 is 0. The van der Waals surface area contributed by atoms with Crippen LogP contribution in [0, 0.1) is 0 Å². The average Bonchev–Trinajstić information content (AvgIpc) is 3.33. The SMILES string of the molecule is CCC(=O)N1c2ccccc2[C@H](N(C(=O)OC(C)(C)C)c2ccc(Cn3cc(C(=O)O)nn3)cc2)C[C@@H]1C. The van der Waals surface area contributed by atoms with Gasteiger partial charge in [0.2, 0.25) is 5.91 Å². The molecular formula is C28H33N5O5. The topological polar surface area (TPSA) is 118 Å². The molecule has 200 valence electrons. The molecule has 0 spiro atoms. The number of benzene rings is 2. The van der Waals surface area contributed by atoms with Gasteiger partial charge in [0, 0.05) is 23.8 Å². The van der Waals surface area contributed by atoms with Crippen LogP contribution in [0.4, 0.5) is 16.2 Å². The van der Waals surface area contributed by atoms with Crippen molar-refractivity contribution >= 4 is 29.3 Å². The van der Waals surface area contributed by atoms with Crippen LogP contribution in [0.15, 0.2) is 54.7 Å². The Morgan fingerprint density at radius 2 is 1.79 bits per heavy atom. The number of ether oxygens (including phenoxy) is 1. The number of amides is 2. The van der Waals surface area contributed by atoms with E-state index in [0.717, 1.165) is 16.8 Å². The highest BCUT2D eigenvalue weighted by Gasteiger charge is 2.39. The normalized spacial score (nSPS) is 17.0. The first-order valence-corrected chi connectivity index (χ1v) is 12.6. The van der Waals surface area contributed by atoms with Crippen LogP contribution >= 0.6 is 0 Å². The fraction of sp³-hybridized carbons (Fsp3) is 0.393. The number of aromatic nitrogens is 3. The Morgan fingerprint density at radius 3 is 2.39 bits per heavy atom. The average molecular weight is 520 g/mol. The fourth-order valence-electron chi connectivity index (χ4n) is 4.72. The molecule has 10 nitrogen and oxygen atoms in total. The van der Waals surface area contributed by atoms with E-state index >= 15 is 0 Å². The van der Waals surface area contributed by atoms with Crippen molar-refractivity contribution in [1.29, 1.82) is 0 Å². The zero-order valence-electron chi connectivity index (χ0n) is 22.3. The summed E-state index contributed by atoms with van der Waals surface area (Å²) < 4.78 is 7.28. The molecule has 38 heavy (non-hydrogen) atoms. The van der Waals surface area contributed by atoms with E-state index in [2.05, 4.69) is 10.3 Å². The second kappa shape index (κ2) is 10.6. The summed E-state index contributed by atoms with van der Waals surface area (Å²) in [6.07, 6.45) is 1.82. The Kier molecular flexibility index (Phi) is 7.52. The summed E-state index contributed by atoms with van der Waals surface area (Å²) in [7, 11) is 0. The molecule has 2 aromatic carbocycles. The van der Waals surface area contributed by atoms with Gasteiger partial charge in [0.1, 0.15) is 5.60 Å². The number of carboxylic acids is 1. The Balaban J connectivity index is 1.70. The fourth-order valence-corrected chi connectivity index (χ4v) is 4.72. The largest absolute Gasteiger partial charge is 0.476 e. The maximum absolute atomic E-state index is 13.6. The predicted molar refractivity (Wildman–Crippen MR) is 142 cm³/mol. The van der Waals surface area contributed by atoms with Gasteiger partial charge in [-0.15, -0.1) is 5.10 Å². The summed E-state index contributed by atoms with van der Waals surface area (Å²) in [5, 5.41) is 16.6. The van der Waals surface area contributed by atoms with Crippen molar-refractivity contribution in [1.82, 2.24) is 15.0 Å². The van der Waals surface area contributed by atoms with Crippen molar-refractivity contribution in [2.75, 3.05) is 9.80 Å². The van der Waals surface area contributed by atoms with Crippen LogP contribution in [0.2, 0.25) is 0 Å². The van der Waals surface area contributed by atoms with Gasteiger partial charge >= 0.3 is 12.1 Å². The van der Waals surface area contributed by atoms with E-state index in [0.29, 0.717) is 25.1 Å². The molecule has 0 saturated carbocycles. The van der Waals surface area contributed by atoms with Crippen LogP contribution in [0.1, 0.15) is 75.1 Å². The van der Waals surface area contributed by atoms with E-state index in [9.17, 15) is 14.4 Å². The molecule has 3 aromatic rings. The Hall–Kier alpha value is -4.21. The van der Waals surface area contributed by atoms with Gasteiger partial charge in [-0.25, -0.2) is 14.3 Å². The molecule has 0 radical (unpaired) electrons. The third-order valence-electron chi connectivity index (χ3n) is 6.35. The second-order valence-corrected chi connectivity index (χ2v) is 10.4. The molecule has 1 aliphatic heterocycles. The van der Waals surface area contributed by atoms with E-state index in [1.165, 1.54) is 10.9 Å². The molecule has 0 unspecified atom stereocenters. The number of fused-ring (bicyclic) bond motifs is 1. The summed E-state index contributed by atoms with van der Waals surface area (Å²) in [5.41, 5.74) is 2.36. The molecule has 1 aliphatic rings. The molecule has 10 heteroatoms. The van der Waals surface area contributed by atoms with Gasteiger partial charge in [-0.3, -0.25) is 9.69 Å². The van der Waals surface area contributed by atoms with Gasteiger partial charge in [0.05, 0.1) is 18.8 Å². The highest BCUT2D eigenvalue weighted by Crippen LogP contribution is 2.43. The standard InChI is InChI=1S/C28H33N5O5/c1-6-25(34)32-18(2)15-24(21-9-7-8-10-23(21)32)33(27(37)38-28(3,4)5)20-13-11-19(12-14-20)16-31-17-22(26(35)36)29-30-31/h7-14,17-18,24H,6,15-16H2,1-5H3,(H,35,36)/t18-,24+/m0/s1. The van der Waals surface area contributed by atoms with Gasteiger partial charge in [-0.2, -0.15) is 0 Å². The van der Waals surface area contributed by atoms with Crippen molar-refractivity contribution < 1.29 is 24.2 Å². The molecule has 0 fully saturated rings. The number of nitrogens with zero attached hydrogens (tertiary/aromatic N) is 5. The van der Waals surface area contributed by atoms with Gasteiger partial charge in [0.15, 0.2) is 5.69 Å². The molecule has 4 rings (SSSR count). The first kappa shape index (κ1) is 26.8. The number of rotatable bonds is 6. The number of carboxylic acid groups (broad SMARTS) is 1. The van der Waals surface area contributed by atoms with E-state index in [-0.39, 0.29) is 23.7 Å². The quantitative estimate of drug-likeness (QED) is 0.485. The Bertz CT molecular complexity index is 1330. The molecule has 0 bridgehead atoms. The van der Waals surface area contributed by atoms with Crippen LogP contribution < -0.4 is 9.80 Å². The first-order chi connectivity index (χ1) is 18.0. The lowest BCUT2D eigenvalue weighted by Gasteiger charge is -2.43. The lowest BCUT2D eigenvalue weighted by molar-refractivity contribution is -0.118. The summed E-state index contributed by atoms with van der Waals surface area (Å²) in [6.45, 7) is 9.65. The van der Waals surface area contributed by atoms with Crippen molar-refractivity contribution in [3.8, 4) is 0 Å². The lowest BCUT2D eigenvalue weighted by Crippen LogP contribution is -2.48. The van der Waals surface area contributed by atoms with Gasteiger partial charge in [-0.05, 0) is 63.4 Å². The Labute approximate surface area is 221 Å². The van der Waals surface area contributed by atoms with Gasteiger partial charge < -0.3 is 14.7 Å². The number of para-hydroxylation sites is 1. The van der Waals surface area contributed by atoms with Crippen molar-refractivity contribution in [3.05, 3.63) is 71.5 Å². The van der Waals surface area contributed by atoms with Gasteiger partial charge in [0.25, 0.3) is 0 Å². The monoisotopic (exact) mass is 519 g/mol. The Morgan fingerprint density at radius 1 is 1.11 bits per heavy atom. The number of hydrogen-bond donors (Lipinski definition) is 1. The van der Waals surface area contributed by atoms with E-state index in [4.69, 9.17) is 9.84 Å². The molecule has 2 atom stereocenters. The zero-order chi connectivity index (χ0) is 27.6. The number of hydrogen-bond acceptors (Lipinski definition) is 6. The highest BCUT2D eigenvalue weighted by molar-refractivity contribution is 5.96. The van der Waals surface area contributed by atoms with Crippen LogP contribution in [0.3, 0.4) is 0 Å². The summed E-state index contributed by atoms with van der Waals surface area (Å²) in [6, 6.07) is 14.6. The molecule has 0 saturated heterocycles. The lowest BCUT2D eigenvalue weighted by atomic mass is 9.90. The number of carbonyl (C=O) groups is 3. The number of carbonyl (C=O) groups excluding carboxylic acids is 2. The third-order valence-corrected chi connectivity index (χ3v) is 6.35. The van der Waals surface area contributed by atoms with Crippen LogP contribution in [-0.2, 0) is 16.1 Å². The molecule has 0 aliphatic carbocycles. The van der Waals surface area contributed by atoms with E-state index < -0.39 is 17.7 Å². The third kappa shape index (κ3) is 5.69. The maximum atomic E-state index is 13.6. The first-order valence-electron chi connectivity index (χ1n) is 12.6. The number of anilines is 2. The predicted octanol–water partition coefficient (Wildman–Crippen LogP) is 5.04. The summed E-state index contributed by atoms with van der Waals surface area (Å²) in [5.74, 6) is -1.10. The second-order valence-electron chi connectivity index (χ2n) is 10.4. The van der Waals surface area contributed by atoms with Crippen molar-refractivity contribution in [3.63, 3.8) is 0 Å². The van der Waals surface area contributed by atoms with Crippen molar-refractivity contribution in [2.24, 2.45) is 0 Å². The van der Waals surface area contributed by atoms with E-state index in [1.54, 1.807) is 4.90 Å². The van der Waals surface area contributed by atoms with Crippen LogP contribution in [-0.4, -0.2) is 49.7 Å². The zero-order valence-corrected chi connectivity index (χ0v) is 22.3. The minimum Gasteiger partial charge on any atom is -0.476 e. The van der Waals surface area contributed by atoms with Crippen LogP contribution in [0.5, 0.6) is 0 Å². The minimum atomic E-state index is -1.14.